The van der Waals surface area contributed by atoms with Crippen molar-refractivity contribution in [3.05, 3.63) is 47.0 Å². The molecule has 0 saturated heterocycles. The van der Waals surface area contributed by atoms with E-state index in [1.165, 1.54) is 7.11 Å². The van der Waals surface area contributed by atoms with Crippen LogP contribution in [0.25, 0.3) is 0 Å². The zero-order chi connectivity index (χ0) is 19.0. The lowest BCUT2D eigenvalue weighted by Gasteiger charge is -2.24. The summed E-state index contributed by atoms with van der Waals surface area (Å²) in [5, 5.41) is 0. The highest BCUT2D eigenvalue weighted by Crippen LogP contribution is 2.37. The number of carbonyl (C=O) groups is 1. The van der Waals surface area contributed by atoms with Gasteiger partial charge in [0.15, 0.2) is 29.0 Å². The van der Waals surface area contributed by atoms with Gasteiger partial charge in [0, 0.05) is 17.5 Å². The molecule has 7 heteroatoms. The molecule has 2 aliphatic heterocycles. The predicted molar refractivity (Wildman–Crippen MR) is 97.3 cm³/mol. The van der Waals surface area contributed by atoms with Crippen LogP contribution in [0, 0.1) is 0 Å². The number of fused-ring (bicyclic) bond motifs is 2. The summed E-state index contributed by atoms with van der Waals surface area (Å²) in [6, 6.07) is 8.73. The van der Waals surface area contributed by atoms with Crippen molar-refractivity contribution in [3.8, 4) is 23.0 Å². The normalized spacial score (nSPS) is 17.0. The fraction of sp³-hybridized carbons (Fsp3) is 0.300. The minimum Gasteiger partial charge on any atom is -0.493 e. The Labute approximate surface area is 156 Å². The highest BCUT2D eigenvalue weighted by Gasteiger charge is 2.30. The molecule has 0 saturated carbocycles. The van der Waals surface area contributed by atoms with E-state index < -0.39 is 6.04 Å². The first kappa shape index (κ1) is 17.2. The second-order valence-electron chi connectivity index (χ2n) is 6.15. The number of hydrogen-bond donors (Lipinski definition) is 0. The van der Waals surface area contributed by atoms with E-state index in [0.29, 0.717) is 35.1 Å². The summed E-state index contributed by atoms with van der Waals surface area (Å²) >= 11 is 0. The van der Waals surface area contributed by atoms with Gasteiger partial charge in [-0.25, -0.2) is 4.79 Å². The molecular weight excluding hydrogens is 350 g/mol. The second kappa shape index (κ2) is 6.83. The van der Waals surface area contributed by atoms with Crippen molar-refractivity contribution in [1.82, 2.24) is 0 Å². The lowest BCUT2D eigenvalue weighted by molar-refractivity contribution is -0.142. The third-order valence-electron chi connectivity index (χ3n) is 4.68. The molecule has 0 amide bonds. The summed E-state index contributed by atoms with van der Waals surface area (Å²) in [4.78, 5) is 16.9. The summed E-state index contributed by atoms with van der Waals surface area (Å²) < 4.78 is 26.6. The number of methoxy groups -OCH3 is 3. The average molecular weight is 369 g/mol. The SMILES string of the molecule is COC(=O)C1Cc2cc(OC)c(OC)cc2C(c2ccc3c(c2)OCO3)=N1. The number of ether oxygens (including phenoxy) is 5. The van der Waals surface area contributed by atoms with Gasteiger partial charge in [-0.3, -0.25) is 4.99 Å². The minimum absolute atomic E-state index is 0.192. The van der Waals surface area contributed by atoms with Gasteiger partial charge in [0.2, 0.25) is 6.79 Å². The van der Waals surface area contributed by atoms with Crippen molar-refractivity contribution in [3.63, 3.8) is 0 Å². The largest absolute Gasteiger partial charge is 0.493 e. The van der Waals surface area contributed by atoms with Crippen LogP contribution < -0.4 is 18.9 Å². The van der Waals surface area contributed by atoms with Crippen LogP contribution in [0.2, 0.25) is 0 Å². The van der Waals surface area contributed by atoms with Gasteiger partial charge in [0.25, 0.3) is 0 Å². The monoisotopic (exact) mass is 369 g/mol. The molecule has 2 heterocycles. The van der Waals surface area contributed by atoms with Gasteiger partial charge in [-0.2, -0.15) is 0 Å². The standard InChI is InChI=1S/C20H19NO6/c1-23-16-8-12-6-14(20(22)25-3)21-19(13(12)9-17(16)24-2)11-4-5-15-18(7-11)27-10-26-15/h4-5,7-9,14H,6,10H2,1-3H3. The zero-order valence-corrected chi connectivity index (χ0v) is 15.3. The molecule has 2 aliphatic rings. The molecule has 1 unspecified atom stereocenters. The van der Waals surface area contributed by atoms with Crippen LogP contribution in [0.15, 0.2) is 35.3 Å². The fourth-order valence-corrected chi connectivity index (χ4v) is 3.34. The van der Waals surface area contributed by atoms with Gasteiger partial charge in [0.05, 0.1) is 27.0 Å². The molecule has 0 spiro atoms. The Hall–Kier alpha value is -3.22. The summed E-state index contributed by atoms with van der Waals surface area (Å²) in [5.74, 6) is 2.16. The Bertz CT molecular complexity index is 936. The van der Waals surface area contributed by atoms with Crippen LogP contribution in [0.1, 0.15) is 16.7 Å². The Kier molecular flexibility index (Phi) is 4.35. The van der Waals surface area contributed by atoms with Crippen LogP contribution >= 0.6 is 0 Å². The molecule has 0 aromatic heterocycles. The molecule has 7 nitrogen and oxygen atoms in total. The Morgan fingerprint density at radius 1 is 1.04 bits per heavy atom. The number of aliphatic imine (C=N–C) groups is 1. The van der Waals surface area contributed by atoms with Crippen molar-refractivity contribution in [2.75, 3.05) is 28.1 Å². The molecule has 0 aliphatic carbocycles. The Morgan fingerprint density at radius 3 is 2.52 bits per heavy atom. The lowest BCUT2D eigenvalue weighted by Crippen LogP contribution is -2.29. The molecule has 4 rings (SSSR count). The number of rotatable bonds is 4. The van der Waals surface area contributed by atoms with E-state index in [4.69, 9.17) is 23.7 Å². The molecule has 140 valence electrons. The molecule has 27 heavy (non-hydrogen) atoms. The number of carbonyl (C=O) groups excluding carboxylic acids is 1. The van der Waals surface area contributed by atoms with E-state index >= 15 is 0 Å². The summed E-state index contributed by atoms with van der Waals surface area (Å²) in [7, 11) is 4.53. The quantitative estimate of drug-likeness (QED) is 0.770. The molecule has 2 aromatic rings. The average Bonchev–Trinajstić information content (AvgIpc) is 3.18. The number of esters is 1. The van der Waals surface area contributed by atoms with E-state index in [0.717, 1.165) is 16.7 Å². The molecule has 0 bridgehead atoms. The van der Waals surface area contributed by atoms with Crippen molar-refractivity contribution in [2.45, 2.75) is 12.5 Å². The van der Waals surface area contributed by atoms with Gasteiger partial charge in [-0.05, 0) is 35.9 Å². The van der Waals surface area contributed by atoms with Crippen LogP contribution in [0.4, 0.5) is 0 Å². The summed E-state index contributed by atoms with van der Waals surface area (Å²) in [5.41, 5.74) is 3.31. The molecule has 0 N–H and O–H groups in total. The molecule has 0 radical (unpaired) electrons. The predicted octanol–water partition coefficient (Wildman–Crippen LogP) is 2.37. The first-order chi connectivity index (χ1) is 13.1. The maximum atomic E-state index is 12.2. The third kappa shape index (κ3) is 2.95. The topological polar surface area (TPSA) is 75.6 Å². The zero-order valence-electron chi connectivity index (χ0n) is 15.3. The van der Waals surface area contributed by atoms with Crippen molar-refractivity contribution in [2.24, 2.45) is 4.99 Å². The molecule has 1 atom stereocenters. The van der Waals surface area contributed by atoms with Crippen molar-refractivity contribution in [1.29, 1.82) is 0 Å². The van der Waals surface area contributed by atoms with E-state index in [2.05, 4.69) is 4.99 Å². The van der Waals surface area contributed by atoms with Crippen molar-refractivity contribution >= 4 is 11.7 Å². The molecule has 2 aromatic carbocycles. The van der Waals surface area contributed by atoms with Crippen molar-refractivity contribution < 1.29 is 28.5 Å². The third-order valence-corrected chi connectivity index (χ3v) is 4.68. The minimum atomic E-state index is -0.624. The maximum absolute atomic E-state index is 12.2. The van der Waals surface area contributed by atoms with Crippen LogP contribution in [-0.2, 0) is 16.0 Å². The van der Waals surface area contributed by atoms with E-state index in [1.807, 2.05) is 30.3 Å². The summed E-state index contributed by atoms with van der Waals surface area (Å²) in [6.45, 7) is 0.192. The van der Waals surface area contributed by atoms with Crippen LogP contribution in [0.5, 0.6) is 23.0 Å². The number of nitrogens with zero attached hydrogens (tertiary/aromatic N) is 1. The van der Waals surface area contributed by atoms with E-state index in [-0.39, 0.29) is 12.8 Å². The number of hydrogen-bond acceptors (Lipinski definition) is 7. The maximum Gasteiger partial charge on any atom is 0.330 e. The first-order valence-electron chi connectivity index (χ1n) is 8.45. The highest BCUT2D eigenvalue weighted by molar-refractivity contribution is 6.15. The van der Waals surface area contributed by atoms with E-state index in [9.17, 15) is 4.79 Å². The Balaban J connectivity index is 1.87. The van der Waals surface area contributed by atoms with Gasteiger partial charge in [-0.15, -0.1) is 0 Å². The van der Waals surface area contributed by atoms with Gasteiger partial charge in [0.1, 0.15) is 0 Å². The Morgan fingerprint density at radius 2 is 1.78 bits per heavy atom. The number of benzene rings is 2. The van der Waals surface area contributed by atoms with E-state index in [1.54, 1.807) is 14.2 Å². The second-order valence-corrected chi connectivity index (χ2v) is 6.15. The van der Waals surface area contributed by atoms with Crippen LogP contribution in [-0.4, -0.2) is 45.8 Å². The first-order valence-corrected chi connectivity index (χ1v) is 8.45. The van der Waals surface area contributed by atoms with Crippen LogP contribution in [0.3, 0.4) is 0 Å². The van der Waals surface area contributed by atoms with Gasteiger partial charge >= 0.3 is 5.97 Å². The van der Waals surface area contributed by atoms with Gasteiger partial charge < -0.3 is 23.7 Å². The molecular formula is C20H19NO6. The lowest BCUT2D eigenvalue weighted by atomic mass is 9.89. The smallest absolute Gasteiger partial charge is 0.330 e. The molecule has 0 fully saturated rings. The fourth-order valence-electron chi connectivity index (χ4n) is 3.34. The summed E-state index contributed by atoms with van der Waals surface area (Å²) in [6.07, 6.45) is 0.427. The van der Waals surface area contributed by atoms with Gasteiger partial charge in [-0.1, -0.05) is 0 Å². The highest BCUT2D eigenvalue weighted by atomic mass is 16.7.